The Morgan fingerprint density at radius 1 is 1.16 bits per heavy atom. The van der Waals surface area contributed by atoms with E-state index in [1.54, 1.807) is 0 Å². The fourth-order valence-electron chi connectivity index (χ4n) is 2.63. The number of non-ortho nitro benzene ring substituents is 1. The summed E-state index contributed by atoms with van der Waals surface area (Å²) in [5.74, 6) is 0.503. The lowest BCUT2D eigenvalue weighted by Gasteiger charge is -2.20. The lowest BCUT2D eigenvalue weighted by molar-refractivity contribution is -0.384. The van der Waals surface area contributed by atoms with Crippen LogP contribution in [0.5, 0.6) is 0 Å². The molecule has 0 radical (unpaired) electrons. The Balaban J connectivity index is 1.83. The SMILES string of the molecule is CC(C)[C@H](NC(=O)c1ccc([N+](=O)[O-])cc1)c1nc2ccccc2[nH]1. The first kappa shape index (κ1) is 16.6. The summed E-state index contributed by atoms with van der Waals surface area (Å²) in [6, 6.07) is 12.9. The third kappa shape index (κ3) is 3.50. The maximum Gasteiger partial charge on any atom is 0.269 e. The van der Waals surface area contributed by atoms with E-state index >= 15 is 0 Å². The molecule has 0 aliphatic heterocycles. The number of aromatic amines is 1. The molecular weight excluding hydrogens is 320 g/mol. The van der Waals surface area contributed by atoms with Crippen molar-refractivity contribution in [2.75, 3.05) is 0 Å². The number of amides is 1. The Bertz CT molecular complexity index is 882. The van der Waals surface area contributed by atoms with Crippen LogP contribution in [-0.4, -0.2) is 20.8 Å². The Morgan fingerprint density at radius 3 is 2.44 bits per heavy atom. The number of aromatic nitrogens is 2. The number of nitro benzene ring substituents is 1. The van der Waals surface area contributed by atoms with Crippen molar-refractivity contribution in [3.05, 3.63) is 70.0 Å². The van der Waals surface area contributed by atoms with Crippen LogP contribution in [0.1, 0.15) is 36.1 Å². The number of nitrogens with one attached hydrogen (secondary N) is 2. The summed E-state index contributed by atoms with van der Waals surface area (Å²) in [5.41, 5.74) is 2.07. The van der Waals surface area contributed by atoms with Crippen LogP contribution >= 0.6 is 0 Å². The molecular formula is C18H18N4O3. The third-order valence-corrected chi connectivity index (χ3v) is 4.00. The number of fused-ring (bicyclic) bond motifs is 1. The zero-order valence-electron chi connectivity index (χ0n) is 13.9. The number of carbonyl (C=O) groups is 1. The van der Waals surface area contributed by atoms with Crippen molar-refractivity contribution in [1.29, 1.82) is 0 Å². The van der Waals surface area contributed by atoms with Crippen LogP contribution in [0.25, 0.3) is 11.0 Å². The van der Waals surface area contributed by atoms with E-state index in [-0.39, 0.29) is 23.6 Å². The Kier molecular flexibility index (Phi) is 4.47. The lowest BCUT2D eigenvalue weighted by Crippen LogP contribution is -2.32. The van der Waals surface area contributed by atoms with Gasteiger partial charge in [-0.1, -0.05) is 26.0 Å². The number of rotatable bonds is 5. The molecule has 0 saturated carbocycles. The topological polar surface area (TPSA) is 101 Å². The monoisotopic (exact) mass is 338 g/mol. The first-order valence-corrected chi connectivity index (χ1v) is 7.95. The van der Waals surface area contributed by atoms with Crippen molar-refractivity contribution in [3.8, 4) is 0 Å². The molecule has 7 nitrogen and oxygen atoms in total. The molecule has 0 aliphatic rings. The first-order chi connectivity index (χ1) is 12.0. The highest BCUT2D eigenvalue weighted by molar-refractivity contribution is 5.94. The van der Waals surface area contributed by atoms with Crippen LogP contribution in [0.2, 0.25) is 0 Å². The number of nitrogens with zero attached hydrogens (tertiary/aromatic N) is 2. The first-order valence-electron chi connectivity index (χ1n) is 7.95. The van der Waals surface area contributed by atoms with Gasteiger partial charge in [-0.25, -0.2) is 4.98 Å². The van der Waals surface area contributed by atoms with Gasteiger partial charge in [0.1, 0.15) is 5.82 Å². The number of benzene rings is 2. The van der Waals surface area contributed by atoms with Gasteiger partial charge in [0, 0.05) is 17.7 Å². The van der Waals surface area contributed by atoms with Gasteiger partial charge in [-0.3, -0.25) is 14.9 Å². The molecule has 1 heterocycles. The Labute approximate surface area is 144 Å². The zero-order chi connectivity index (χ0) is 18.0. The number of carbonyl (C=O) groups excluding carboxylic acids is 1. The maximum absolute atomic E-state index is 12.5. The van der Waals surface area contributed by atoms with Crippen LogP contribution < -0.4 is 5.32 Å². The molecule has 0 unspecified atom stereocenters. The van der Waals surface area contributed by atoms with Gasteiger partial charge in [0.15, 0.2) is 0 Å². The molecule has 1 amide bonds. The second-order valence-electron chi connectivity index (χ2n) is 6.14. The van der Waals surface area contributed by atoms with Crippen molar-refractivity contribution < 1.29 is 9.72 Å². The molecule has 0 spiro atoms. The molecule has 2 N–H and O–H groups in total. The van der Waals surface area contributed by atoms with Gasteiger partial charge in [-0.2, -0.15) is 0 Å². The number of nitro groups is 1. The average molecular weight is 338 g/mol. The van der Waals surface area contributed by atoms with E-state index in [0.29, 0.717) is 11.4 Å². The number of H-pyrrole nitrogens is 1. The molecule has 3 aromatic rings. The van der Waals surface area contributed by atoms with Crippen molar-refractivity contribution in [3.63, 3.8) is 0 Å². The van der Waals surface area contributed by atoms with E-state index in [2.05, 4.69) is 15.3 Å². The molecule has 128 valence electrons. The minimum Gasteiger partial charge on any atom is -0.342 e. The summed E-state index contributed by atoms with van der Waals surface area (Å²) in [6.45, 7) is 3.99. The molecule has 25 heavy (non-hydrogen) atoms. The van der Waals surface area contributed by atoms with E-state index < -0.39 is 4.92 Å². The van der Waals surface area contributed by atoms with Gasteiger partial charge in [0.2, 0.25) is 0 Å². The second-order valence-corrected chi connectivity index (χ2v) is 6.14. The minimum atomic E-state index is -0.493. The Hall–Kier alpha value is -3.22. The van der Waals surface area contributed by atoms with Gasteiger partial charge >= 0.3 is 0 Å². The molecule has 0 bridgehead atoms. The van der Waals surface area contributed by atoms with Crippen LogP contribution in [0.3, 0.4) is 0 Å². The maximum atomic E-state index is 12.5. The normalized spacial score (nSPS) is 12.3. The number of hydrogen-bond acceptors (Lipinski definition) is 4. The molecule has 3 rings (SSSR count). The largest absolute Gasteiger partial charge is 0.342 e. The molecule has 0 aliphatic carbocycles. The zero-order valence-corrected chi connectivity index (χ0v) is 13.9. The van der Waals surface area contributed by atoms with Crippen LogP contribution in [-0.2, 0) is 0 Å². The van der Waals surface area contributed by atoms with Gasteiger partial charge in [0.05, 0.1) is 22.0 Å². The molecule has 1 aromatic heterocycles. The standard InChI is InChI=1S/C18H18N4O3/c1-11(2)16(17-19-14-5-3-4-6-15(14)20-17)21-18(23)12-7-9-13(10-8-12)22(24)25/h3-11,16H,1-2H3,(H,19,20)(H,21,23)/t16-/m0/s1. The number of hydrogen-bond donors (Lipinski definition) is 2. The molecule has 2 aromatic carbocycles. The molecule has 0 saturated heterocycles. The van der Waals surface area contributed by atoms with Crippen molar-refractivity contribution in [2.45, 2.75) is 19.9 Å². The van der Waals surface area contributed by atoms with Crippen LogP contribution in [0, 0.1) is 16.0 Å². The predicted octanol–water partition coefficient (Wildman–Crippen LogP) is 3.60. The average Bonchev–Trinajstić information content (AvgIpc) is 3.02. The van der Waals surface area contributed by atoms with E-state index in [0.717, 1.165) is 11.0 Å². The van der Waals surface area contributed by atoms with E-state index in [9.17, 15) is 14.9 Å². The van der Waals surface area contributed by atoms with Crippen LogP contribution in [0.15, 0.2) is 48.5 Å². The summed E-state index contributed by atoms with van der Waals surface area (Å²) < 4.78 is 0. The predicted molar refractivity (Wildman–Crippen MR) is 94.2 cm³/mol. The number of imidazole rings is 1. The highest BCUT2D eigenvalue weighted by Gasteiger charge is 2.22. The summed E-state index contributed by atoms with van der Waals surface area (Å²) in [7, 11) is 0. The van der Waals surface area contributed by atoms with E-state index in [4.69, 9.17) is 0 Å². The Morgan fingerprint density at radius 2 is 1.84 bits per heavy atom. The van der Waals surface area contributed by atoms with Gasteiger partial charge in [0.25, 0.3) is 11.6 Å². The molecule has 0 fully saturated rings. The molecule has 7 heteroatoms. The van der Waals surface area contributed by atoms with Crippen molar-refractivity contribution in [2.24, 2.45) is 5.92 Å². The summed E-state index contributed by atoms with van der Waals surface area (Å²) in [5, 5.41) is 13.7. The number of para-hydroxylation sites is 2. The van der Waals surface area contributed by atoms with Gasteiger partial charge < -0.3 is 10.3 Å². The van der Waals surface area contributed by atoms with Crippen molar-refractivity contribution >= 4 is 22.6 Å². The van der Waals surface area contributed by atoms with Crippen molar-refractivity contribution in [1.82, 2.24) is 15.3 Å². The summed E-state index contributed by atoms with van der Waals surface area (Å²) >= 11 is 0. The van der Waals surface area contributed by atoms with Crippen LogP contribution in [0.4, 0.5) is 5.69 Å². The second kappa shape index (κ2) is 6.72. The summed E-state index contributed by atoms with van der Waals surface area (Å²) in [6.07, 6.45) is 0. The van der Waals surface area contributed by atoms with E-state index in [1.807, 2.05) is 38.1 Å². The lowest BCUT2D eigenvalue weighted by atomic mass is 10.0. The quantitative estimate of drug-likeness (QED) is 0.548. The fraction of sp³-hybridized carbons (Fsp3) is 0.222. The highest BCUT2D eigenvalue weighted by Crippen LogP contribution is 2.23. The smallest absolute Gasteiger partial charge is 0.269 e. The fourth-order valence-corrected chi connectivity index (χ4v) is 2.63. The molecule has 1 atom stereocenters. The summed E-state index contributed by atoms with van der Waals surface area (Å²) in [4.78, 5) is 30.5. The van der Waals surface area contributed by atoms with Gasteiger partial charge in [-0.15, -0.1) is 0 Å². The highest BCUT2D eigenvalue weighted by atomic mass is 16.6. The van der Waals surface area contributed by atoms with E-state index in [1.165, 1.54) is 24.3 Å². The van der Waals surface area contributed by atoms with Gasteiger partial charge in [-0.05, 0) is 30.2 Å². The minimum absolute atomic E-state index is 0.0470. The third-order valence-electron chi connectivity index (χ3n) is 4.00.